The van der Waals surface area contributed by atoms with Crippen LogP contribution in [0.5, 0.6) is 0 Å². The third kappa shape index (κ3) is 4.21. The molecule has 0 bridgehead atoms. The molecule has 2 amide bonds. The van der Waals surface area contributed by atoms with Crippen molar-refractivity contribution in [1.82, 2.24) is 30.1 Å². The molecular weight excluding hydrogens is 482 g/mol. The molecule has 1 saturated heterocycles. The molecule has 2 aromatic carbocycles. The van der Waals surface area contributed by atoms with E-state index in [4.69, 9.17) is 0 Å². The van der Waals surface area contributed by atoms with Crippen molar-refractivity contribution in [3.8, 4) is 16.9 Å². The maximum Gasteiger partial charge on any atom is 0.295 e. The minimum atomic E-state index is -0.634. The van der Waals surface area contributed by atoms with E-state index in [-0.39, 0.29) is 24.6 Å². The van der Waals surface area contributed by atoms with E-state index in [1.54, 1.807) is 27.9 Å². The van der Waals surface area contributed by atoms with E-state index in [9.17, 15) is 14.4 Å². The second-order valence-corrected chi connectivity index (χ2v) is 9.00. The molecule has 1 aliphatic rings. The fourth-order valence-electron chi connectivity index (χ4n) is 4.68. The lowest BCUT2D eigenvalue weighted by molar-refractivity contribution is -0.659. The minimum absolute atomic E-state index is 0.0793. The van der Waals surface area contributed by atoms with E-state index < -0.39 is 11.7 Å². The number of benzene rings is 2. The number of rotatable bonds is 5. The van der Waals surface area contributed by atoms with Gasteiger partial charge in [-0.2, -0.15) is 0 Å². The highest BCUT2D eigenvalue weighted by Crippen LogP contribution is 2.27. The molecular formula is C28H24N7O3+. The van der Waals surface area contributed by atoms with Crippen molar-refractivity contribution in [3.05, 3.63) is 96.4 Å². The summed E-state index contributed by atoms with van der Waals surface area (Å²) in [6, 6.07) is 20.6. The number of carbonyl (C=O) groups excluding carboxylic acids is 3. The molecule has 10 nitrogen and oxygen atoms in total. The van der Waals surface area contributed by atoms with Gasteiger partial charge in [0, 0.05) is 49.2 Å². The zero-order valence-corrected chi connectivity index (χ0v) is 20.4. The van der Waals surface area contributed by atoms with Crippen molar-refractivity contribution in [3.63, 3.8) is 0 Å². The molecule has 10 heteroatoms. The Kier molecular flexibility index (Phi) is 5.97. The molecule has 188 valence electrons. The van der Waals surface area contributed by atoms with Gasteiger partial charge in [-0.1, -0.05) is 41.6 Å². The van der Waals surface area contributed by atoms with Crippen molar-refractivity contribution in [2.75, 3.05) is 26.2 Å². The summed E-state index contributed by atoms with van der Waals surface area (Å²) < 4.78 is 1.79. The molecule has 3 aromatic heterocycles. The number of ketones is 1. The Morgan fingerprint density at radius 1 is 0.842 bits per heavy atom. The van der Waals surface area contributed by atoms with Gasteiger partial charge in [-0.25, -0.2) is 0 Å². The molecule has 0 unspecified atom stereocenters. The van der Waals surface area contributed by atoms with Gasteiger partial charge >= 0.3 is 0 Å². The number of fused-ring (bicyclic) bond motifs is 1. The van der Waals surface area contributed by atoms with Crippen molar-refractivity contribution in [2.45, 2.75) is 0 Å². The predicted octanol–water partition coefficient (Wildman–Crippen LogP) is 2.40. The van der Waals surface area contributed by atoms with Crippen LogP contribution < -0.4 is 4.68 Å². The highest BCUT2D eigenvalue weighted by atomic mass is 16.2. The van der Waals surface area contributed by atoms with Crippen molar-refractivity contribution < 1.29 is 19.1 Å². The summed E-state index contributed by atoms with van der Waals surface area (Å²) in [6.07, 6.45) is 4.98. The number of nitrogens with one attached hydrogen (secondary N) is 2. The van der Waals surface area contributed by atoms with Crippen LogP contribution >= 0.6 is 0 Å². The molecule has 0 atom stereocenters. The van der Waals surface area contributed by atoms with E-state index in [0.29, 0.717) is 35.4 Å². The maximum absolute atomic E-state index is 13.2. The smallest absolute Gasteiger partial charge is 0.295 e. The van der Waals surface area contributed by atoms with Gasteiger partial charge in [-0.15, -0.1) is 4.68 Å². The van der Waals surface area contributed by atoms with Crippen LogP contribution in [0.1, 0.15) is 20.7 Å². The predicted molar refractivity (Wildman–Crippen MR) is 138 cm³/mol. The Balaban J connectivity index is 1.19. The van der Waals surface area contributed by atoms with Crippen LogP contribution in [0.15, 0.2) is 85.3 Å². The average molecular weight is 507 g/mol. The average Bonchev–Trinajstić information content (AvgIpc) is 3.65. The second kappa shape index (κ2) is 9.74. The van der Waals surface area contributed by atoms with Gasteiger partial charge in [-0.05, 0) is 30.3 Å². The fraction of sp³-hybridized carbons (Fsp3) is 0.143. The molecule has 0 radical (unpaired) electrons. The van der Waals surface area contributed by atoms with Gasteiger partial charge in [0.2, 0.25) is 0 Å². The van der Waals surface area contributed by atoms with Gasteiger partial charge in [-0.3, -0.25) is 19.4 Å². The number of hydrogen-bond acceptors (Lipinski definition) is 5. The number of aromatic nitrogens is 5. The summed E-state index contributed by atoms with van der Waals surface area (Å²) in [5.74, 6) is -1.32. The highest BCUT2D eigenvalue weighted by Gasteiger charge is 2.31. The number of amides is 2. The van der Waals surface area contributed by atoms with Gasteiger partial charge in [0.05, 0.1) is 16.6 Å². The zero-order valence-electron chi connectivity index (χ0n) is 20.4. The Labute approximate surface area is 217 Å². The molecule has 0 aliphatic carbocycles. The number of carbonyl (C=O) groups is 3. The van der Waals surface area contributed by atoms with Crippen LogP contribution in [-0.4, -0.2) is 73.9 Å². The number of H-pyrrole nitrogens is 2. The summed E-state index contributed by atoms with van der Waals surface area (Å²) in [4.78, 5) is 49.8. The quantitative estimate of drug-likeness (QED) is 0.216. The van der Waals surface area contributed by atoms with Crippen LogP contribution in [0, 0.1) is 0 Å². The summed E-state index contributed by atoms with van der Waals surface area (Å²) in [7, 11) is 0. The third-order valence-electron chi connectivity index (χ3n) is 6.72. The number of Topliss-reactive ketones (excluding diaryl/α,β-unsaturated/α-hetero) is 1. The Bertz CT molecular complexity index is 1640. The number of aromatic amines is 2. The lowest BCUT2D eigenvalue weighted by atomic mass is 10.1. The van der Waals surface area contributed by atoms with Gasteiger partial charge in [0.1, 0.15) is 5.52 Å². The van der Waals surface area contributed by atoms with Crippen LogP contribution in [0.25, 0.3) is 28.0 Å². The molecule has 0 saturated carbocycles. The Morgan fingerprint density at radius 2 is 1.53 bits per heavy atom. The first-order valence-corrected chi connectivity index (χ1v) is 12.3. The number of hydrogen-bond donors (Lipinski definition) is 2. The fourth-order valence-corrected chi connectivity index (χ4v) is 4.68. The largest absolute Gasteiger partial charge is 0.358 e. The molecule has 0 spiro atoms. The van der Waals surface area contributed by atoms with E-state index in [0.717, 1.165) is 11.3 Å². The minimum Gasteiger partial charge on any atom is -0.358 e. The highest BCUT2D eigenvalue weighted by molar-refractivity contribution is 6.44. The second-order valence-electron chi connectivity index (χ2n) is 9.00. The number of para-hydroxylation sites is 1. The zero-order chi connectivity index (χ0) is 26.1. The topological polar surface area (TPSA) is 119 Å². The van der Waals surface area contributed by atoms with Gasteiger partial charge < -0.3 is 14.8 Å². The number of pyridine rings is 1. The monoisotopic (exact) mass is 506 g/mol. The summed E-state index contributed by atoms with van der Waals surface area (Å²) >= 11 is 0. The third-order valence-corrected chi connectivity index (χ3v) is 6.72. The van der Waals surface area contributed by atoms with Crippen LogP contribution in [0.3, 0.4) is 0 Å². The Hall–Kier alpha value is -5.12. The lowest BCUT2D eigenvalue weighted by Gasteiger charge is -2.34. The van der Waals surface area contributed by atoms with Crippen LogP contribution in [0.2, 0.25) is 0 Å². The molecule has 6 rings (SSSR count). The van der Waals surface area contributed by atoms with E-state index >= 15 is 0 Å². The van der Waals surface area contributed by atoms with E-state index in [1.807, 2.05) is 60.8 Å². The van der Waals surface area contributed by atoms with E-state index in [2.05, 4.69) is 20.3 Å². The van der Waals surface area contributed by atoms with E-state index in [1.165, 1.54) is 11.1 Å². The first-order chi connectivity index (χ1) is 18.6. The molecule has 1 fully saturated rings. The van der Waals surface area contributed by atoms with Crippen LogP contribution in [-0.2, 0) is 4.79 Å². The van der Waals surface area contributed by atoms with Crippen molar-refractivity contribution in [2.24, 2.45) is 0 Å². The molecule has 1 aliphatic heterocycles. The molecule has 38 heavy (non-hydrogen) atoms. The Morgan fingerprint density at radius 3 is 2.26 bits per heavy atom. The maximum atomic E-state index is 13.2. The summed E-state index contributed by atoms with van der Waals surface area (Å²) in [6.45, 7) is 1.31. The number of nitrogens with zero attached hydrogens (tertiary/aromatic N) is 5. The molecule has 4 heterocycles. The number of piperazine rings is 1. The first kappa shape index (κ1) is 23.3. The van der Waals surface area contributed by atoms with Crippen LogP contribution in [0.4, 0.5) is 0 Å². The van der Waals surface area contributed by atoms with Crippen molar-refractivity contribution in [1.29, 1.82) is 0 Å². The normalized spacial score (nSPS) is 13.6. The first-order valence-electron chi connectivity index (χ1n) is 12.3. The SMILES string of the molecule is O=C(C(=O)N1CCN(C(=O)c2ccccc2)CC1)c1c[nH]c2c(-c3c[n+](-c4ccccc4)[nH]n3)ccnc12. The van der Waals surface area contributed by atoms with Gasteiger partial charge in [0.15, 0.2) is 11.9 Å². The molecule has 5 aromatic rings. The van der Waals surface area contributed by atoms with Gasteiger partial charge in [0.25, 0.3) is 23.3 Å². The summed E-state index contributed by atoms with van der Waals surface area (Å²) in [5, 5.41) is 7.39. The lowest BCUT2D eigenvalue weighted by Crippen LogP contribution is -2.52. The molecule has 2 N–H and O–H groups in total. The summed E-state index contributed by atoms with van der Waals surface area (Å²) in [5.41, 5.74) is 4.18. The standard InChI is InChI=1S/C28H23N7O3/c36-26(28(38)34-15-13-33(14-16-34)27(37)19-7-3-1-4-8-19)22-17-30-24-21(11-12-29-25(22)24)23-18-35(32-31-23)20-9-5-2-6-10-20/h1-12,17-18H,13-16H2,(H,29,30,36)/p+1. The van der Waals surface area contributed by atoms with Crippen molar-refractivity contribution >= 4 is 28.6 Å².